The summed E-state index contributed by atoms with van der Waals surface area (Å²) in [6.45, 7) is 7.65. The molecule has 0 aliphatic heterocycles. The van der Waals surface area contributed by atoms with Crippen molar-refractivity contribution in [2.75, 3.05) is 0 Å². The molecule has 0 heterocycles. The highest BCUT2D eigenvalue weighted by atomic mass is 28.3. The van der Waals surface area contributed by atoms with Crippen LogP contribution in [0.15, 0.2) is 54.6 Å². The molecule has 0 fully saturated rings. The van der Waals surface area contributed by atoms with E-state index in [2.05, 4.69) is 43.9 Å². The maximum Gasteiger partial charge on any atom is 0.119 e. The molecule has 2 aromatic carbocycles. The van der Waals surface area contributed by atoms with Crippen LogP contribution in [-0.4, -0.2) is 8.07 Å². The zero-order chi connectivity index (χ0) is 15.3. The normalized spacial score (nSPS) is 13.0. The Morgan fingerprint density at radius 2 is 1.57 bits per heavy atom. The lowest BCUT2D eigenvalue weighted by Crippen LogP contribution is -2.26. The third-order valence-electron chi connectivity index (χ3n) is 3.39. The molecule has 0 amide bonds. The lowest BCUT2D eigenvalue weighted by atomic mass is 10.1. The molecule has 0 saturated heterocycles. The molecule has 1 unspecified atom stereocenters. The van der Waals surface area contributed by atoms with Gasteiger partial charge in [0.1, 0.15) is 12.4 Å². The van der Waals surface area contributed by atoms with Gasteiger partial charge in [0.15, 0.2) is 0 Å². The van der Waals surface area contributed by atoms with Gasteiger partial charge in [0.05, 0.1) is 0 Å². The first-order valence-corrected chi connectivity index (χ1v) is 11.2. The van der Waals surface area contributed by atoms with E-state index >= 15 is 0 Å². The van der Waals surface area contributed by atoms with E-state index < -0.39 is 8.07 Å². The van der Waals surface area contributed by atoms with Crippen molar-refractivity contribution in [3.05, 3.63) is 65.7 Å². The lowest BCUT2D eigenvalue weighted by molar-refractivity contribution is 0.306. The predicted molar refractivity (Wildman–Crippen MR) is 92.3 cm³/mol. The summed E-state index contributed by atoms with van der Waals surface area (Å²) in [5, 5.41) is 0. The van der Waals surface area contributed by atoms with Gasteiger partial charge in [-0.05, 0) is 29.3 Å². The zero-order valence-electron chi connectivity index (χ0n) is 13.2. The minimum atomic E-state index is -1.13. The summed E-state index contributed by atoms with van der Waals surface area (Å²) in [6.07, 6.45) is 0. The van der Waals surface area contributed by atoms with Gasteiger partial charge < -0.3 is 10.5 Å². The molecular weight excluding hydrogens is 274 g/mol. The van der Waals surface area contributed by atoms with Crippen LogP contribution >= 0.6 is 0 Å². The Morgan fingerprint density at radius 3 is 2.14 bits per heavy atom. The van der Waals surface area contributed by atoms with E-state index in [1.165, 1.54) is 11.1 Å². The molecule has 2 N–H and O–H groups in total. The van der Waals surface area contributed by atoms with E-state index in [0.717, 1.165) is 11.8 Å². The van der Waals surface area contributed by atoms with Gasteiger partial charge in [0.25, 0.3) is 0 Å². The van der Waals surface area contributed by atoms with Crippen LogP contribution in [0.1, 0.15) is 17.2 Å². The van der Waals surface area contributed by atoms with Gasteiger partial charge in [-0.25, -0.2) is 0 Å². The van der Waals surface area contributed by atoms with Crippen molar-refractivity contribution in [2.45, 2.75) is 38.3 Å². The average Bonchev–Trinajstić information content (AvgIpc) is 2.45. The molecule has 3 heteroatoms. The molecule has 21 heavy (non-hydrogen) atoms. The van der Waals surface area contributed by atoms with Gasteiger partial charge in [0.2, 0.25) is 0 Å². The monoisotopic (exact) mass is 299 g/mol. The van der Waals surface area contributed by atoms with Crippen LogP contribution in [0, 0.1) is 0 Å². The molecular formula is C18H25NOSi. The van der Waals surface area contributed by atoms with E-state index in [4.69, 9.17) is 10.5 Å². The molecule has 0 radical (unpaired) electrons. The summed E-state index contributed by atoms with van der Waals surface area (Å²) in [4.78, 5) is 0. The first kappa shape index (κ1) is 15.8. The fourth-order valence-electron chi connectivity index (χ4n) is 2.33. The fourth-order valence-corrected chi connectivity index (χ4v) is 3.88. The Balaban J connectivity index is 1.93. The third-order valence-corrected chi connectivity index (χ3v) is 5.05. The van der Waals surface area contributed by atoms with Crippen LogP contribution in [0.5, 0.6) is 5.75 Å². The Morgan fingerprint density at radius 1 is 0.952 bits per heavy atom. The second-order valence-corrected chi connectivity index (χ2v) is 12.2. The number of ether oxygens (including phenoxy) is 1. The van der Waals surface area contributed by atoms with Crippen LogP contribution in [-0.2, 0) is 6.61 Å². The van der Waals surface area contributed by atoms with Gasteiger partial charge in [-0.3, -0.25) is 0 Å². The molecule has 0 bridgehead atoms. The smallest absolute Gasteiger partial charge is 0.119 e. The SMILES string of the molecule is C[Si](C)(C)CC(N)c1ccc(OCc2ccccc2)cc1. The van der Waals surface area contributed by atoms with Crippen molar-refractivity contribution >= 4 is 8.07 Å². The maximum atomic E-state index is 6.29. The quantitative estimate of drug-likeness (QED) is 0.791. The predicted octanol–water partition coefficient (Wildman–Crippen LogP) is 4.60. The molecule has 1 atom stereocenters. The lowest BCUT2D eigenvalue weighted by Gasteiger charge is -2.21. The standard InChI is InChI=1S/C18H25NOSi/c1-21(2,3)14-18(19)16-9-11-17(12-10-16)20-13-15-7-5-4-6-8-15/h4-12,18H,13-14,19H2,1-3H3. The van der Waals surface area contributed by atoms with Crippen molar-refractivity contribution in [1.29, 1.82) is 0 Å². The largest absolute Gasteiger partial charge is 0.489 e. The second kappa shape index (κ2) is 6.92. The third kappa shape index (κ3) is 5.36. The maximum absolute atomic E-state index is 6.29. The van der Waals surface area contributed by atoms with Crippen molar-refractivity contribution < 1.29 is 4.74 Å². The Kier molecular flexibility index (Phi) is 5.20. The number of nitrogens with two attached hydrogens (primary N) is 1. The molecule has 2 rings (SSSR count). The average molecular weight is 299 g/mol. The van der Waals surface area contributed by atoms with Crippen LogP contribution in [0.4, 0.5) is 0 Å². The Hall–Kier alpha value is -1.58. The minimum absolute atomic E-state index is 0.139. The zero-order valence-corrected chi connectivity index (χ0v) is 14.2. The van der Waals surface area contributed by atoms with Gasteiger partial charge in [0, 0.05) is 14.1 Å². The van der Waals surface area contributed by atoms with Crippen LogP contribution in [0.3, 0.4) is 0 Å². The summed E-state index contributed by atoms with van der Waals surface area (Å²) in [5.74, 6) is 0.891. The molecule has 2 aromatic rings. The number of rotatable bonds is 6. The Bertz CT molecular complexity index is 546. The van der Waals surface area contributed by atoms with Crippen molar-refractivity contribution in [1.82, 2.24) is 0 Å². The number of hydrogen-bond donors (Lipinski definition) is 1. The summed E-state index contributed by atoms with van der Waals surface area (Å²) in [7, 11) is -1.13. The van der Waals surface area contributed by atoms with E-state index in [1.54, 1.807) is 0 Å². The molecule has 0 aliphatic carbocycles. The van der Waals surface area contributed by atoms with Gasteiger partial charge in [-0.1, -0.05) is 62.1 Å². The van der Waals surface area contributed by atoms with Crippen LogP contribution in [0.25, 0.3) is 0 Å². The van der Waals surface area contributed by atoms with Crippen molar-refractivity contribution in [3.63, 3.8) is 0 Å². The highest BCUT2D eigenvalue weighted by Gasteiger charge is 2.18. The van der Waals surface area contributed by atoms with Crippen LogP contribution < -0.4 is 10.5 Å². The van der Waals surface area contributed by atoms with Gasteiger partial charge in [-0.2, -0.15) is 0 Å². The molecule has 0 aromatic heterocycles. The van der Waals surface area contributed by atoms with Crippen molar-refractivity contribution in [2.24, 2.45) is 5.73 Å². The highest BCUT2D eigenvalue weighted by Crippen LogP contribution is 2.24. The molecule has 112 valence electrons. The topological polar surface area (TPSA) is 35.2 Å². The van der Waals surface area contributed by atoms with E-state index in [0.29, 0.717) is 6.61 Å². The molecule has 0 aliphatic rings. The summed E-state index contributed by atoms with van der Waals surface area (Å²) < 4.78 is 5.80. The first-order chi connectivity index (χ1) is 9.94. The first-order valence-electron chi connectivity index (χ1n) is 7.46. The highest BCUT2D eigenvalue weighted by molar-refractivity contribution is 6.76. The molecule has 0 spiro atoms. The van der Waals surface area contributed by atoms with Crippen LogP contribution in [0.2, 0.25) is 25.7 Å². The second-order valence-electron chi connectivity index (χ2n) is 6.71. The van der Waals surface area contributed by atoms with Gasteiger partial charge in [-0.15, -0.1) is 0 Å². The van der Waals surface area contributed by atoms with E-state index in [1.807, 2.05) is 30.3 Å². The fraction of sp³-hybridized carbons (Fsp3) is 0.333. The summed E-state index contributed by atoms with van der Waals surface area (Å²) in [5.41, 5.74) is 8.67. The summed E-state index contributed by atoms with van der Waals surface area (Å²) >= 11 is 0. The number of hydrogen-bond acceptors (Lipinski definition) is 2. The molecule has 2 nitrogen and oxygen atoms in total. The minimum Gasteiger partial charge on any atom is -0.489 e. The summed E-state index contributed by atoms with van der Waals surface area (Å²) in [6, 6.07) is 19.7. The van der Waals surface area contributed by atoms with E-state index in [-0.39, 0.29) is 6.04 Å². The molecule has 0 saturated carbocycles. The Labute approximate surface area is 129 Å². The van der Waals surface area contributed by atoms with Gasteiger partial charge >= 0.3 is 0 Å². The number of benzene rings is 2. The van der Waals surface area contributed by atoms with E-state index in [9.17, 15) is 0 Å². The van der Waals surface area contributed by atoms with Crippen molar-refractivity contribution in [3.8, 4) is 5.75 Å².